The number of aliphatic carboxylic acids is 1. The van der Waals surface area contributed by atoms with Gasteiger partial charge in [0.25, 0.3) is 5.56 Å². The summed E-state index contributed by atoms with van der Waals surface area (Å²) in [5, 5.41) is 9.35. The molecule has 0 aliphatic heterocycles. The van der Waals surface area contributed by atoms with E-state index in [1.54, 1.807) is 22.8 Å². The molecule has 3 rings (SSSR count). The molecule has 2 aromatic heterocycles. The molecule has 8 nitrogen and oxygen atoms in total. The first-order valence-electron chi connectivity index (χ1n) is 8.01. The standard InChI is InChI=1S/C17H17ClN4O4S/c1-9(15(24)25)27-16-19-13-12(14(23)21(3)17(26)20(13)2)22(16)8-10-5-4-6-11(18)7-10/h4-7,9H,8H2,1-3H3,(H,24,25)/t9-/m1/s1. The minimum absolute atomic E-state index is 0.213. The van der Waals surface area contributed by atoms with Crippen molar-refractivity contribution in [3.8, 4) is 0 Å². The number of nitrogens with zero attached hydrogens (tertiary/aromatic N) is 4. The Hall–Kier alpha value is -2.52. The molecule has 142 valence electrons. The van der Waals surface area contributed by atoms with Crippen LogP contribution in [0.25, 0.3) is 11.2 Å². The normalized spacial score (nSPS) is 12.4. The fourth-order valence-corrected chi connectivity index (χ4v) is 3.74. The van der Waals surface area contributed by atoms with Gasteiger partial charge in [0, 0.05) is 19.1 Å². The van der Waals surface area contributed by atoms with Crippen molar-refractivity contribution >= 4 is 40.5 Å². The van der Waals surface area contributed by atoms with Crippen LogP contribution in [0.3, 0.4) is 0 Å². The van der Waals surface area contributed by atoms with Crippen LogP contribution in [0.5, 0.6) is 0 Å². The molecular weight excluding hydrogens is 392 g/mol. The molecule has 27 heavy (non-hydrogen) atoms. The molecule has 0 unspecified atom stereocenters. The number of aromatic nitrogens is 4. The number of carboxylic acid groups (broad SMARTS) is 1. The molecule has 1 atom stereocenters. The van der Waals surface area contributed by atoms with Gasteiger partial charge in [-0.25, -0.2) is 9.78 Å². The SMILES string of the molecule is C[C@@H](Sc1nc2c(c(=O)n(C)c(=O)n2C)n1Cc1cccc(Cl)c1)C(=O)O. The quantitative estimate of drug-likeness (QED) is 0.645. The second-order valence-electron chi connectivity index (χ2n) is 6.09. The van der Waals surface area contributed by atoms with Crippen LogP contribution in [0, 0.1) is 0 Å². The van der Waals surface area contributed by atoms with Crippen LogP contribution >= 0.6 is 23.4 Å². The van der Waals surface area contributed by atoms with Crippen molar-refractivity contribution in [2.75, 3.05) is 0 Å². The van der Waals surface area contributed by atoms with Gasteiger partial charge < -0.3 is 9.67 Å². The highest BCUT2D eigenvalue weighted by Gasteiger charge is 2.23. The minimum Gasteiger partial charge on any atom is -0.480 e. The predicted molar refractivity (Wildman–Crippen MR) is 104 cm³/mol. The van der Waals surface area contributed by atoms with Crippen LogP contribution in [0.15, 0.2) is 39.0 Å². The van der Waals surface area contributed by atoms with Gasteiger partial charge in [0.1, 0.15) is 5.25 Å². The fraction of sp³-hybridized carbons (Fsp3) is 0.294. The monoisotopic (exact) mass is 408 g/mol. The molecule has 0 spiro atoms. The molecule has 0 aliphatic rings. The number of halogens is 1. The molecule has 3 aromatic rings. The Kier molecular flexibility index (Phi) is 5.16. The molecule has 0 saturated carbocycles. The maximum atomic E-state index is 12.7. The van der Waals surface area contributed by atoms with Crippen LogP contribution < -0.4 is 11.2 Å². The van der Waals surface area contributed by atoms with Gasteiger partial charge >= 0.3 is 11.7 Å². The van der Waals surface area contributed by atoms with Gasteiger partial charge in [-0.1, -0.05) is 35.5 Å². The Labute approximate surface area is 163 Å². The molecule has 0 bridgehead atoms. The summed E-state index contributed by atoms with van der Waals surface area (Å²) in [4.78, 5) is 40.6. The molecule has 0 radical (unpaired) electrons. The van der Waals surface area contributed by atoms with Gasteiger partial charge in [-0.05, 0) is 24.6 Å². The Morgan fingerprint density at radius 2 is 2.00 bits per heavy atom. The number of aryl methyl sites for hydroxylation is 1. The smallest absolute Gasteiger partial charge is 0.332 e. The Balaban J connectivity index is 2.28. The first kappa shape index (κ1) is 19.2. The van der Waals surface area contributed by atoms with Crippen molar-refractivity contribution in [1.82, 2.24) is 18.7 Å². The van der Waals surface area contributed by atoms with E-state index in [1.807, 2.05) is 6.07 Å². The molecule has 0 aliphatic carbocycles. The summed E-state index contributed by atoms with van der Waals surface area (Å²) in [6.45, 7) is 1.80. The number of carboxylic acids is 1. The zero-order chi connectivity index (χ0) is 19.9. The van der Waals surface area contributed by atoms with Gasteiger partial charge in [-0.15, -0.1) is 0 Å². The average Bonchev–Trinajstić information content (AvgIpc) is 2.96. The maximum absolute atomic E-state index is 12.7. The topological polar surface area (TPSA) is 99.1 Å². The van der Waals surface area contributed by atoms with E-state index in [0.29, 0.717) is 10.2 Å². The first-order valence-corrected chi connectivity index (χ1v) is 9.26. The Bertz CT molecular complexity index is 1160. The summed E-state index contributed by atoms with van der Waals surface area (Å²) < 4.78 is 3.92. The zero-order valence-corrected chi connectivity index (χ0v) is 16.4. The summed E-state index contributed by atoms with van der Waals surface area (Å²) in [6, 6.07) is 7.13. The third-order valence-electron chi connectivity index (χ3n) is 4.17. The Morgan fingerprint density at radius 1 is 1.30 bits per heavy atom. The van der Waals surface area contributed by atoms with Gasteiger partial charge in [-0.2, -0.15) is 0 Å². The maximum Gasteiger partial charge on any atom is 0.332 e. The van der Waals surface area contributed by atoms with Crippen molar-refractivity contribution in [3.63, 3.8) is 0 Å². The molecular formula is C17H17ClN4O4S. The lowest BCUT2D eigenvalue weighted by Gasteiger charge is -2.11. The second kappa shape index (κ2) is 7.24. The second-order valence-corrected chi connectivity index (χ2v) is 7.83. The highest BCUT2D eigenvalue weighted by Crippen LogP contribution is 2.27. The first-order chi connectivity index (χ1) is 12.7. The highest BCUT2D eigenvalue weighted by molar-refractivity contribution is 8.00. The lowest BCUT2D eigenvalue weighted by atomic mass is 10.2. The predicted octanol–water partition coefficient (Wildman–Crippen LogP) is 1.70. The van der Waals surface area contributed by atoms with E-state index < -0.39 is 22.5 Å². The van der Waals surface area contributed by atoms with E-state index >= 15 is 0 Å². The molecule has 2 heterocycles. The summed E-state index contributed by atoms with van der Waals surface area (Å²) in [5.74, 6) is -0.997. The minimum atomic E-state index is -0.997. The number of hydrogen-bond donors (Lipinski definition) is 1. The molecule has 1 N–H and O–H groups in total. The van der Waals surface area contributed by atoms with Crippen LogP contribution in [0.4, 0.5) is 0 Å². The van der Waals surface area contributed by atoms with Crippen LogP contribution in [-0.2, 0) is 25.4 Å². The van der Waals surface area contributed by atoms with Gasteiger partial charge in [-0.3, -0.25) is 18.7 Å². The van der Waals surface area contributed by atoms with E-state index in [-0.39, 0.29) is 17.7 Å². The summed E-state index contributed by atoms with van der Waals surface area (Å²) in [7, 11) is 2.92. The average molecular weight is 409 g/mol. The lowest BCUT2D eigenvalue weighted by molar-refractivity contribution is -0.136. The van der Waals surface area contributed by atoms with Crippen molar-refractivity contribution in [3.05, 3.63) is 55.7 Å². The van der Waals surface area contributed by atoms with Crippen LogP contribution in [-0.4, -0.2) is 35.0 Å². The third-order valence-corrected chi connectivity index (χ3v) is 5.49. The van der Waals surface area contributed by atoms with Crippen LogP contribution in [0.1, 0.15) is 12.5 Å². The van der Waals surface area contributed by atoms with Crippen molar-refractivity contribution < 1.29 is 9.90 Å². The number of carbonyl (C=O) groups is 1. The largest absolute Gasteiger partial charge is 0.480 e. The number of hydrogen-bond acceptors (Lipinski definition) is 5. The molecule has 10 heteroatoms. The van der Waals surface area contributed by atoms with Gasteiger partial charge in [0.15, 0.2) is 16.3 Å². The molecule has 1 aromatic carbocycles. The van der Waals surface area contributed by atoms with Gasteiger partial charge in [0.2, 0.25) is 0 Å². The van der Waals surface area contributed by atoms with E-state index in [4.69, 9.17) is 11.6 Å². The number of thioether (sulfide) groups is 1. The summed E-state index contributed by atoms with van der Waals surface area (Å²) >= 11 is 7.06. The summed E-state index contributed by atoms with van der Waals surface area (Å²) in [6.07, 6.45) is 0. The van der Waals surface area contributed by atoms with E-state index in [9.17, 15) is 19.5 Å². The van der Waals surface area contributed by atoms with Crippen molar-refractivity contribution in [2.24, 2.45) is 14.1 Å². The highest BCUT2D eigenvalue weighted by atomic mass is 35.5. The van der Waals surface area contributed by atoms with Crippen molar-refractivity contribution in [2.45, 2.75) is 23.9 Å². The molecule has 0 amide bonds. The third kappa shape index (κ3) is 3.52. The molecule has 0 fully saturated rings. The fourth-order valence-electron chi connectivity index (χ4n) is 2.69. The van der Waals surface area contributed by atoms with E-state index in [2.05, 4.69) is 4.98 Å². The summed E-state index contributed by atoms with van der Waals surface area (Å²) in [5.41, 5.74) is 0.285. The molecule has 0 saturated heterocycles. The zero-order valence-electron chi connectivity index (χ0n) is 14.8. The van der Waals surface area contributed by atoms with E-state index in [0.717, 1.165) is 21.9 Å². The Morgan fingerprint density at radius 3 is 2.63 bits per heavy atom. The number of benzene rings is 1. The number of rotatable bonds is 5. The number of fused-ring (bicyclic) bond motifs is 1. The van der Waals surface area contributed by atoms with Crippen molar-refractivity contribution in [1.29, 1.82) is 0 Å². The number of imidazole rings is 1. The van der Waals surface area contributed by atoms with E-state index in [1.165, 1.54) is 25.6 Å². The van der Waals surface area contributed by atoms with Gasteiger partial charge in [0.05, 0.1) is 6.54 Å². The van der Waals surface area contributed by atoms with Crippen LogP contribution in [0.2, 0.25) is 5.02 Å². The lowest BCUT2D eigenvalue weighted by Crippen LogP contribution is -2.37.